The van der Waals surface area contributed by atoms with E-state index >= 15 is 0 Å². The number of rotatable bonds is 5. The fourth-order valence-electron chi connectivity index (χ4n) is 1.85. The lowest BCUT2D eigenvalue weighted by atomic mass is 10.1. The Balaban J connectivity index is 1.95. The first-order chi connectivity index (χ1) is 9.96. The first kappa shape index (κ1) is 15.0. The quantitative estimate of drug-likeness (QED) is 0.882. The van der Waals surface area contributed by atoms with Gasteiger partial charge in [0.1, 0.15) is 0 Å². The van der Waals surface area contributed by atoms with Crippen molar-refractivity contribution in [1.82, 2.24) is 0 Å². The van der Waals surface area contributed by atoms with Crippen LogP contribution in [0.1, 0.15) is 16.7 Å². The highest BCUT2D eigenvalue weighted by atomic mass is 32.2. The van der Waals surface area contributed by atoms with E-state index in [0.29, 0.717) is 17.7 Å². The maximum atomic E-state index is 11.0. The van der Waals surface area contributed by atoms with Crippen LogP contribution in [0.2, 0.25) is 0 Å². The van der Waals surface area contributed by atoms with E-state index in [1.807, 2.05) is 24.3 Å². The van der Waals surface area contributed by atoms with Crippen LogP contribution in [0, 0.1) is 11.3 Å². The molecule has 5 nitrogen and oxygen atoms in total. The number of hydrogen-bond donors (Lipinski definition) is 2. The number of nitrogens with zero attached hydrogens (tertiary/aromatic N) is 1. The zero-order chi connectivity index (χ0) is 15.3. The molecule has 0 aromatic heterocycles. The van der Waals surface area contributed by atoms with Crippen molar-refractivity contribution < 1.29 is 8.42 Å². The molecule has 0 aliphatic carbocycles. The van der Waals surface area contributed by atoms with Crippen molar-refractivity contribution in [3.63, 3.8) is 0 Å². The molecule has 0 saturated heterocycles. The van der Waals surface area contributed by atoms with Crippen molar-refractivity contribution in [2.45, 2.75) is 12.3 Å². The van der Waals surface area contributed by atoms with Crippen LogP contribution in [0.25, 0.3) is 0 Å². The lowest BCUT2D eigenvalue weighted by molar-refractivity contribution is 0.597. The van der Waals surface area contributed by atoms with E-state index in [0.717, 1.165) is 11.3 Å². The lowest BCUT2D eigenvalue weighted by Gasteiger charge is -2.07. The van der Waals surface area contributed by atoms with Gasteiger partial charge in [0, 0.05) is 12.2 Å². The van der Waals surface area contributed by atoms with Crippen molar-refractivity contribution in [3.8, 4) is 6.07 Å². The Labute approximate surface area is 124 Å². The van der Waals surface area contributed by atoms with Gasteiger partial charge in [-0.25, -0.2) is 13.6 Å². The second kappa shape index (κ2) is 6.39. The number of anilines is 1. The molecule has 6 heteroatoms. The Bertz CT molecular complexity index is 745. The van der Waals surface area contributed by atoms with Gasteiger partial charge in [0.15, 0.2) is 0 Å². The summed E-state index contributed by atoms with van der Waals surface area (Å²) in [5, 5.41) is 16.9. The van der Waals surface area contributed by atoms with Gasteiger partial charge in [-0.1, -0.05) is 24.3 Å². The van der Waals surface area contributed by atoms with Crippen LogP contribution in [-0.2, 0) is 22.3 Å². The second-order valence-corrected chi connectivity index (χ2v) is 6.28. The van der Waals surface area contributed by atoms with Gasteiger partial charge in [0.2, 0.25) is 10.0 Å². The fraction of sp³-hybridized carbons (Fsp3) is 0.133. The number of primary sulfonamides is 1. The molecule has 0 aliphatic rings. The molecule has 2 aromatic rings. The van der Waals surface area contributed by atoms with Gasteiger partial charge in [-0.3, -0.25) is 0 Å². The third-order valence-electron chi connectivity index (χ3n) is 2.90. The molecule has 0 amide bonds. The monoisotopic (exact) mass is 301 g/mol. The molecule has 0 bridgehead atoms. The highest BCUT2D eigenvalue weighted by Gasteiger charge is 2.04. The van der Waals surface area contributed by atoms with Crippen molar-refractivity contribution in [3.05, 3.63) is 65.2 Å². The molecule has 0 aliphatic heterocycles. The molecule has 108 valence electrons. The largest absolute Gasteiger partial charge is 0.381 e. The maximum Gasteiger partial charge on any atom is 0.213 e. The van der Waals surface area contributed by atoms with Crippen molar-refractivity contribution in [2.24, 2.45) is 5.14 Å². The molecule has 0 fully saturated rings. The standard InChI is InChI=1S/C15H15N3O2S/c16-9-12-1-3-13(4-2-12)10-18-15-7-5-14(6-8-15)11-21(17,19)20/h1-8,18H,10-11H2,(H2,17,19,20). The Morgan fingerprint density at radius 2 is 1.57 bits per heavy atom. The smallest absolute Gasteiger partial charge is 0.213 e. The number of benzene rings is 2. The Morgan fingerprint density at radius 1 is 1.00 bits per heavy atom. The minimum absolute atomic E-state index is 0.164. The van der Waals surface area contributed by atoms with Gasteiger partial charge in [-0.2, -0.15) is 5.26 Å². The maximum absolute atomic E-state index is 11.0. The molecular weight excluding hydrogens is 286 g/mol. The Hall–Kier alpha value is -2.36. The summed E-state index contributed by atoms with van der Waals surface area (Å²) >= 11 is 0. The topological polar surface area (TPSA) is 96.0 Å². The first-order valence-corrected chi connectivity index (χ1v) is 8.00. The van der Waals surface area contributed by atoms with Gasteiger partial charge in [-0.15, -0.1) is 0 Å². The van der Waals surface area contributed by atoms with E-state index in [-0.39, 0.29) is 5.75 Å². The van der Waals surface area contributed by atoms with Gasteiger partial charge in [0.25, 0.3) is 0 Å². The van der Waals surface area contributed by atoms with Crippen LogP contribution in [0.3, 0.4) is 0 Å². The van der Waals surface area contributed by atoms with E-state index in [1.165, 1.54) is 0 Å². The van der Waals surface area contributed by atoms with E-state index in [2.05, 4.69) is 11.4 Å². The van der Waals surface area contributed by atoms with Gasteiger partial charge in [0.05, 0.1) is 17.4 Å². The lowest BCUT2D eigenvalue weighted by Crippen LogP contribution is -2.14. The summed E-state index contributed by atoms with van der Waals surface area (Å²) in [5.41, 5.74) is 3.23. The van der Waals surface area contributed by atoms with Gasteiger partial charge >= 0.3 is 0 Å². The highest BCUT2D eigenvalue weighted by Crippen LogP contribution is 2.13. The molecule has 2 aromatic carbocycles. The molecule has 0 radical (unpaired) electrons. The summed E-state index contributed by atoms with van der Waals surface area (Å²) < 4.78 is 22.0. The normalized spacial score (nSPS) is 10.9. The van der Waals surface area contributed by atoms with Gasteiger partial charge in [-0.05, 0) is 35.4 Å². The van der Waals surface area contributed by atoms with Crippen LogP contribution in [0.4, 0.5) is 5.69 Å². The summed E-state index contributed by atoms with van der Waals surface area (Å²) in [6.07, 6.45) is 0. The number of nitriles is 1. The first-order valence-electron chi connectivity index (χ1n) is 6.28. The number of sulfonamides is 1. The number of hydrogen-bond acceptors (Lipinski definition) is 4. The fourth-order valence-corrected chi connectivity index (χ4v) is 2.51. The van der Waals surface area contributed by atoms with Gasteiger partial charge < -0.3 is 5.32 Å². The third-order valence-corrected chi connectivity index (χ3v) is 3.64. The van der Waals surface area contributed by atoms with Crippen molar-refractivity contribution >= 4 is 15.7 Å². The summed E-state index contributed by atoms with van der Waals surface area (Å²) in [4.78, 5) is 0. The van der Waals surface area contributed by atoms with Crippen LogP contribution in [0.15, 0.2) is 48.5 Å². The summed E-state index contributed by atoms with van der Waals surface area (Å²) in [6, 6.07) is 16.5. The van der Waals surface area contributed by atoms with E-state index in [4.69, 9.17) is 10.4 Å². The van der Waals surface area contributed by atoms with Crippen LogP contribution in [-0.4, -0.2) is 8.42 Å². The summed E-state index contributed by atoms with van der Waals surface area (Å²) in [6.45, 7) is 0.625. The predicted octanol–water partition coefficient (Wildman–Crippen LogP) is 1.96. The van der Waals surface area contributed by atoms with Crippen LogP contribution in [0.5, 0.6) is 0 Å². The minimum Gasteiger partial charge on any atom is -0.381 e. The van der Waals surface area contributed by atoms with Crippen molar-refractivity contribution in [1.29, 1.82) is 5.26 Å². The van der Waals surface area contributed by atoms with Crippen LogP contribution >= 0.6 is 0 Å². The van der Waals surface area contributed by atoms with Crippen molar-refractivity contribution in [2.75, 3.05) is 5.32 Å². The third kappa shape index (κ3) is 4.91. The zero-order valence-corrected chi connectivity index (χ0v) is 12.1. The molecule has 0 unspecified atom stereocenters. The minimum atomic E-state index is -3.50. The molecule has 21 heavy (non-hydrogen) atoms. The average molecular weight is 301 g/mol. The van der Waals surface area contributed by atoms with E-state index < -0.39 is 10.0 Å². The summed E-state index contributed by atoms with van der Waals surface area (Å²) in [7, 11) is -3.50. The summed E-state index contributed by atoms with van der Waals surface area (Å²) in [5.74, 6) is -0.164. The molecule has 0 heterocycles. The second-order valence-electron chi connectivity index (χ2n) is 4.67. The Morgan fingerprint density at radius 3 is 2.10 bits per heavy atom. The number of nitrogens with one attached hydrogen (secondary N) is 1. The molecule has 3 N–H and O–H groups in total. The predicted molar refractivity (Wildman–Crippen MR) is 81.7 cm³/mol. The highest BCUT2D eigenvalue weighted by molar-refractivity contribution is 7.88. The SMILES string of the molecule is N#Cc1ccc(CNc2ccc(CS(N)(=O)=O)cc2)cc1. The molecule has 2 rings (SSSR count). The molecule has 0 atom stereocenters. The molecule has 0 saturated carbocycles. The Kier molecular flexibility index (Phi) is 4.58. The van der Waals surface area contributed by atoms with E-state index in [1.54, 1.807) is 24.3 Å². The van der Waals surface area contributed by atoms with E-state index in [9.17, 15) is 8.42 Å². The average Bonchev–Trinajstić information content (AvgIpc) is 2.45. The molecule has 0 spiro atoms. The molecular formula is C15H15N3O2S. The van der Waals surface area contributed by atoms with Crippen LogP contribution < -0.4 is 10.5 Å². The number of nitrogens with two attached hydrogens (primary N) is 1. The zero-order valence-electron chi connectivity index (χ0n) is 11.3.